The maximum atomic E-state index is 11.5. The van der Waals surface area contributed by atoms with Crippen molar-refractivity contribution >= 4 is 5.91 Å². The molecule has 1 atom stereocenters. The number of hydrogen-bond acceptors (Lipinski definition) is 5. The minimum absolute atomic E-state index is 0.0287. The van der Waals surface area contributed by atoms with Crippen LogP contribution in [0, 0.1) is 5.92 Å². The monoisotopic (exact) mass is 321 g/mol. The minimum atomic E-state index is 0.0287. The molecule has 0 aliphatic carbocycles. The molecule has 7 nitrogen and oxygen atoms in total. The number of rotatable bonds is 6. The number of ether oxygens (including phenoxy) is 1. The average Bonchev–Trinajstić information content (AvgIpc) is 3.07. The molecule has 7 heteroatoms. The van der Waals surface area contributed by atoms with Crippen molar-refractivity contribution < 1.29 is 9.53 Å². The second kappa shape index (κ2) is 6.59. The SMILES string of the molecule is CN(C)C(=O)COCC1CN(C)C2(C1)CN(Cc1cn[nH]c1)C2. The lowest BCUT2D eigenvalue weighted by Gasteiger charge is -2.52. The minimum Gasteiger partial charge on any atom is -0.371 e. The molecular formula is C16H27N5O2. The van der Waals surface area contributed by atoms with E-state index in [-0.39, 0.29) is 12.5 Å². The topological polar surface area (TPSA) is 64.7 Å². The molecule has 1 spiro atoms. The maximum absolute atomic E-state index is 11.5. The molecule has 2 saturated heterocycles. The molecule has 1 aromatic heterocycles. The predicted octanol–water partition coefficient (Wildman–Crippen LogP) is 0.0206. The number of hydrogen-bond donors (Lipinski definition) is 1. The van der Waals surface area contributed by atoms with Crippen molar-refractivity contribution in [3.63, 3.8) is 0 Å². The number of carbonyl (C=O) groups is 1. The summed E-state index contributed by atoms with van der Waals surface area (Å²) in [5, 5.41) is 6.87. The van der Waals surface area contributed by atoms with Crippen LogP contribution >= 0.6 is 0 Å². The van der Waals surface area contributed by atoms with Crippen molar-refractivity contribution in [2.45, 2.75) is 18.5 Å². The van der Waals surface area contributed by atoms with E-state index in [0.29, 0.717) is 18.1 Å². The molecule has 1 aromatic rings. The molecular weight excluding hydrogens is 294 g/mol. The second-order valence-electron chi connectivity index (χ2n) is 7.23. The Morgan fingerprint density at radius 1 is 1.52 bits per heavy atom. The number of likely N-dealkylation sites (tertiary alicyclic amines) is 2. The van der Waals surface area contributed by atoms with E-state index in [1.54, 1.807) is 19.0 Å². The largest absolute Gasteiger partial charge is 0.371 e. The quantitative estimate of drug-likeness (QED) is 0.800. The number of aromatic nitrogens is 2. The third-order valence-electron chi connectivity index (χ3n) is 5.09. The van der Waals surface area contributed by atoms with Crippen molar-refractivity contribution in [1.29, 1.82) is 0 Å². The molecule has 0 radical (unpaired) electrons. The highest BCUT2D eigenvalue weighted by Gasteiger charge is 2.51. The van der Waals surface area contributed by atoms with Crippen molar-refractivity contribution in [1.82, 2.24) is 24.9 Å². The van der Waals surface area contributed by atoms with Gasteiger partial charge in [0, 0.05) is 57.6 Å². The summed E-state index contributed by atoms with van der Waals surface area (Å²) in [7, 11) is 5.72. The van der Waals surface area contributed by atoms with Gasteiger partial charge in [0.05, 0.1) is 12.8 Å². The fourth-order valence-electron chi connectivity index (χ4n) is 3.78. The smallest absolute Gasteiger partial charge is 0.248 e. The van der Waals surface area contributed by atoms with Gasteiger partial charge in [0.1, 0.15) is 6.61 Å². The number of aromatic amines is 1. The highest BCUT2D eigenvalue weighted by molar-refractivity contribution is 5.76. The molecule has 0 saturated carbocycles. The van der Waals surface area contributed by atoms with E-state index in [0.717, 1.165) is 32.6 Å². The van der Waals surface area contributed by atoms with Crippen LogP contribution in [-0.4, -0.2) is 90.3 Å². The fourth-order valence-corrected chi connectivity index (χ4v) is 3.78. The van der Waals surface area contributed by atoms with Gasteiger partial charge in [-0.1, -0.05) is 0 Å². The molecule has 2 aliphatic heterocycles. The van der Waals surface area contributed by atoms with E-state index in [9.17, 15) is 4.79 Å². The Hall–Kier alpha value is -1.44. The third-order valence-corrected chi connectivity index (χ3v) is 5.09. The predicted molar refractivity (Wildman–Crippen MR) is 86.8 cm³/mol. The van der Waals surface area contributed by atoms with Crippen LogP contribution in [0.1, 0.15) is 12.0 Å². The zero-order chi connectivity index (χ0) is 16.4. The highest BCUT2D eigenvalue weighted by Crippen LogP contribution is 2.39. The van der Waals surface area contributed by atoms with Gasteiger partial charge in [-0.2, -0.15) is 5.10 Å². The van der Waals surface area contributed by atoms with E-state index in [1.807, 2.05) is 12.4 Å². The van der Waals surface area contributed by atoms with Gasteiger partial charge in [-0.3, -0.25) is 19.7 Å². The lowest BCUT2D eigenvalue weighted by molar-refractivity contribution is -0.134. The van der Waals surface area contributed by atoms with Crippen LogP contribution in [0.15, 0.2) is 12.4 Å². The maximum Gasteiger partial charge on any atom is 0.248 e. The van der Waals surface area contributed by atoms with Crippen LogP contribution in [0.3, 0.4) is 0 Å². The first-order valence-corrected chi connectivity index (χ1v) is 8.18. The van der Waals surface area contributed by atoms with Crippen LogP contribution in [0.4, 0.5) is 0 Å². The lowest BCUT2D eigenvalue weighted by atomic mass is 9.84. The van der Waals surface area contributed by atoms with Gasteiger partial charge in [0.2, 0.25) is 5.91 Å². The summed E-state index contributed by atoms with van der Waals surface area (Å²) in [4.78, 5) is 18.0. The summed E-state index contributed by atoms with van der Waals surface area (Å²) >= 11 is 0. The average molecular weight is 321 g/mol. The van der Waals surface area contributed by atoms with Gasteiger partial charge < -0.3 is 9.64 Å². The van der Waals surface area contributed by atoms with Gasteiger partial charge in [-0.25, -0.2) is 0 Å². The summed E-state index contributed by atoms with van der Waals surface area (Å²) in [6, 6.07) is 0. The Balaban J connectivity index is 1.42. The van der Waals surface area contributed by atoms with Gasteiger partial charge in [-0.15, -0.1) is 0 Å². The fraction of sp³-hybridized carbons (Fsp3) is 0.750. The van der Waals surface area contributed by atoms with Crippen LogP contribution in [-0.2, 0) is 16.1 Å². The van der Waals surface area contributed by atoms with E-state index in [2.05, 4.69) is 27.0 Å². The summed E-state index contributed by atoms with van der Waals surface area (Å²) in [5.41, 5.74) is 1.53. The third kappa shape index (κ3) is 3.57. The Labute approximate surface area is 137 Å². The molecule has 128 valence electrons. The van der Waals surface area contributed by atoms with Gasteiger partial charge >= 0.3 is 0 Å². The number of likely N-dealkylation sites (N-methyl/N-ethyl adjacent to an activating group) is 2. The molecule has 0 aromatic carbocycles. The summed E-state index contributed by atoms with van der Waals surface area (Å²) in [5.74, 6) is 0.548. The van der Waals surface area contributed by atoms with E-state index in [4.69, 9.17) is 4.74 Å². The Morgan fingerprint density at radius 3 is 2.96 bits per heavy atom. The zero-order valence-corrected chi connectivity index (χ0v) is 14.3. The number of H-pyrrole nitrogens is 1. The van der Waals surface area contributed by atoms with Gasteiger partial charge in [-0.05, 0) is 19.4 Å². The van der Waals surface area contributed by atoms with Crippen LogP contribution in [0.5, 0.6) is 0 Å². The summed E-state index contributed by atoms with van der Waals surface area (Å²) in [6.45, 7) is 5.07. The van der Waals surface area contributed by atoms with Crippen LogP contribution < -0.4 is 0 Å². The van der Waals surface area contributed by atoms with Crippen molar-refractivity contribution in [3.8, 4) is 0 Å². The highest BCUT2D eigenvalue weighted by atomic mass is 16.5. The molecule has 2 aliphatic rings. The van der Waals surface area contributed by atoms with Gasteiger partial charge in [0.25, 0.3) is 0 Å². The number of carbonyl (C=O) groups excluding carboxylic acids is 1. The molecule has 3 heterocycles. The van der Waals surface area contributed by atoms with E-state index < -0.39 is 0 Å². The molecule has 3 rings (SSSR count). The van der Waals surface area contributed by atoms with E-state index >= 15 is 0 Å². The molecule has 1 amide bonds. The first-order chi connectivity index (χ1) is 11.0. The Bertz CT molecular complexity index is 525. The standard InChI is InChI=1S/C16H27N5O2/c1-19(2)15(22)10-23-9-13-4-16(20(3)7-13)11-21(12-16)8-14-5-17-18-6-14/h5-6,13H,4,7-12H2,1-3H3,(H,17,18). The zero-order valence-electron chi connectivity index (χ0n) is 14.3. The normalized spacial score (nSPS) is 24.0. The summed E-state index contributed by atoms with van der Waals surface area (Å²) in [6.07, 6.45) is 5.01. The molecule has 0 bridgehead atoms. The first kappa shape index (κ1) is 16.4. The van der Waals surface area contributed by atoms with Crippen molar-refractivity contribution in [2.24, 2.45) is 5.92 Å². The van der Waals surface area contributed by atoms with Crippen LogP contribution in [0.2, 0.25) is 0 Å². The number of nitrogens with one attached hydrogen (secondary N) is 1. The molecule has 23 heavy (non-hydrogen) atoms. The number of amides is 1. The summed E-state index contributed by atoms with van der Waals surface area (Å²) < 4.78 is 5.62. The molecule has 2 fully saturated rings. The van der Waals surface area contributed by atoms with E-state index in [1.165, 1.54) is 5.56 Å². The van der Waals surface area contributed by atoms with Crippen molar-refractivity contribution in [2.75, 3.05) is 54.0 Å². The molecule has 1 N–H and O–H groups in total. The Morgan fingerprint density at radius 2 is 2.30 bits per heavy atom. The van der Waals surface area contributed by atoms with Crippen molar-refractivity contribution in [3.05, 3.63) is 18.0 Å². The Kier molecular flexibility index (Phi) is 4.70. The van der Waals surface area contributed by atoms with Crippen LogP contribution in [0.25, 0.3) is 0 Å². The molecule has 1 unspecified atom stereocenters. The first-order valence-electron chi connectivity index (χ1n) is 8.18. The van der Waals surface area contributed by atoms with Gasteiger partial charge in [0.15, 0.2) is 0 Å². The second-order valence-corrected chi connectivity index (χ2v) is 7.23. The lowest BCUT2D eigenvalue weighted by Crippen LogP contribution is -2.66. The number of nitrogens with zero attached hydrogens (tertiary/aromatic N) is 4.